The predicted molar refractivity (Wildman–Crippen MR) is 94.3 cm³/mol. The Bertz CT molecular complexity index is 569. The fourth-order valence-electron chi connectivity index (χ4n) is 3.98. The van der Waals surface area contributed by atoms with Crippen LogP contribution in [0.1, 0.15) is 65.8 Å². The minimum atomic E-state index is 0.0158. The number of hydrogen-bond donors (Lipinski definition) is 1. The average Bonchev–Trinajstić information content (AvgIpc) is 3.27. The van der Waals surface area contributed by atoms with E-state index in [1.807, 2.05) is 11.9 Å². The highest BCUT2D eigenvalue weighted by molar-refractivity contribution is 6.01. The van der Waals surface area contributed by atoms with Gasteiger partial charge in [-0.3, -0.25) is 14.5 Å². The summed E-state index contributed by atoms with van der Waals surface area (Å²) in [6.07, 6.45) is 10.4. The lowest BCUT2D eigenvalue weighted by molar-refractivity contribution is 0.0787. The first-order chi connectivity index (χ1) is 11.6. The van der Waals surface area contributed by atoms with Gasteiger partial charge in [-0.25, -0.2) is 0 Å². The first-order valence-electron chi connectivity index (χ1n) is 9.33. The number of ketones is 1. The summed E-state index contributed by atoms with van der Waals surface area (Å²) >= 11 is 0. The molecule has 1 aromatic heterocycles. The summed E-state index contributed by atoms with van der Waals surface area (Å²) in [6, 6.07) is 1.72. The zero-order chi connectivity index (χ0) is 16.9. The molecule has 1 aliphatic carbocycles. The molecule has 1 aromatic rings. The predicted octanol–water partition coefficient (Wildman–Crippen LogP) is 2.95. The van der Waals surface area contributed by atoms with E-state index in [1.54, 1.807) is 12.3 Å². The van der Waals surface area contributed by atoms with Gasteiger partial charge in [0.05, 0.1) is 6.54 Å². The summed E-state index contributed by atoms with van der Waals surface area (Å²) in [4.78, 5) is 31.8. The van der Waals surface area contributed by atoms with Gasteiger partial charge in [-0.2, -0.15) is 0 Å². The molecule has 2 fully saturated rings. The van der Waals surface area contributed by atoms with Crippen molar-refractivity contribution in [3.05, 3.63) is 23.5 Å². The first kappa shape index (κ1) is 17.2. The van der Waals surface area contributed by atoms with Gasteiger partial charge < -0.3 is 9.88 Å². The van der Waals surface area contributed by atoms with Crippen molar-refractivity contribution >= 4 is 11.7 Å². The third-order valence-corrected chi connectivity index (χ3v) is 5.34. The lowest BCUT2D eigenvalue weighted by atomic mass is 9.89. The second-order valence-corrected chi connectivity index (χ2v) is 7.43. The molecule has 0 unspecified atom stereocenters. The number of hydrogen-bond acceptors (Lipinski definition) is 3. The van der Waals surface area contributed by atoms with Gasteiger partial charge in [-0.05, 0) is 44.7 Å². The highest BCUT2D eigenvalue weighted by Gasteiger charge is 2.22. The van der Waals surface area contributed by atoms with Crippen LogP contribution in [0.2, 0.25) is 0 Å². The fraction of sp³-hybridized carbons (Fsp3) is 0.684. The molecule has 1 amide bonds. The minimum absolute atomic E-state index is 0.0158. The standard InChI is InChI=1S/C19H29N3O2/c1-21(13-15-7-3-2-4-8-15)14-18(23)16-11-17(20-12-16)19(24)22-9-5-6-10-22/h11-12,15,20H,2-10,13-14H2,1H3. The largest absolute Gasteiger partial charge is 0.356 e. The van der Waals surface area contributed by atoms with Gasteiger partial charge in [0, 0.05) is 31.4 Å². The molecule has 0 bridgehead atoms. The van der Waals surface area contributed by atoms with Crippen LogP contribution in [0, 0.1) is 5.92 Å². The number of likely N-dealkylation sites (tertiary alicyclic amines) is 1. The number of Topliss-reactive ketones (excluding diaryl/α,β-unsaturated/α-hetero) is 1. The van der Waals surface area contributed by atoms with E-state index in [4.69, 9.17) is 0 Å². The molecule has 1 saturated heterocycles. The number of nitrogens with one attached hydrogen (secondary N) is 1. The van der Waals surface area contributed by atoms with Crippen LogP contribution in [0.25, 0.3) is 0 Å². The molecule has 2 aliphatic rings. The molecule has 1 N–H and O–H groups in total. The van der Waals surface area contributed by atoms with E-state index in [1.165, 1.54) is 32.1 Å². The van der Waals surface area contributed by atoms with Crippen molar-refractivity contribution in [1.29, 1.82) is 0 Å². The van der Waals surface area contributed by atoms with Crippen LogP contribution in [0.5, 0.6) is 0 Å². The molecular formula is C19H29N3O2. The number of aromatic nitrogens is 1. The Morgan fingerprint density at radius 3 is 2.58 bits per heavy atom. The number of rotatable bonds is 6. The fourth-order valence-corrected chi connectivity index (χ4v) is 3.98. The molecule has 0 spiro atoms. The highest BCUT2D eigenvalue weighted by Crippen LogP contribution is 2.24. The van der Waals surface area contributed by atoms with Gasteiger partial charge in [0.1, 0.15) is 5.69 Å². The van der Waals surface area contributed by atoms with Crippen LogP contribution in [-0.4, -0.2) is 59.7 Å². The second kappa shape index (κ2) is 7.97. The summed E-state index contributed by atoms with van der Waals surface area (Å²) in [7, 11) is 2.02. The maximum Gasteiger partial charge on any atom is 0.270 e. The smallest absolute Gasteiger partial charge is 0.270 e. The van der Waals surface area contributed by atoms with Gasteiger partial charge in [0.25, 0.3) is 5.91 Å². The van der Waals surface area contributed by atoms with E-state index in [0.717, 1.165) is 38.4 Å². The van der Waals surface area contributed by atoms with Gasteiger partial charge in [-0.1, -0.05) is 19.3 Å². The summed E-state index contributed by atoms with van der Waals surface area (Å²) in [6.45, 7) is 3.07. The second-order valence-electron chi connectivity index (χ2n) is 7.43. The van der Waals surface area contributed by atoms with Crippen molar-refractivity contribution in [2.75, 3.05) is 33.2 Å². The van der Waals surface area contributed by atoms with Gasteiger partial charge in [0.2, 0.25) is 0 Å². The van der Waals surface area contributed by atoms with Crippen molar-refractivity contribution in [2.24, 2.45) is 5.92 Å². The number of amides is 1. The Kier molecular flexibility index (Phi) is 5.72. The van der Waals surface area contributed by atoms with Crippen LogP contribution in [-0.2, 0) is 0 Å². The molecule has 24 heavy (non-hydrogen) atoms. The highest BCUT2D eigenvalue weighted by atomic mass is 16.2. The number of H-pyrrole nitrogens is 1. The average molecular weight is 331 g/mol. The van der Waals surface area contributed by atoms with Gasteiger partial charge in [0.15, 0.2) is 5.78 Å². The number of likely N-dealkylation sites (N-methyl/N-ethyl adjacent to an activating group) is 1. The molecule has 2 heterocycles. The summed E-state index contributed by atoms with van der Waals surface area (Å²) in [5, 5.41) is 0. The lowest BCUT2D eigenvalue weighted by Crippen LogP contribution is -2.31. The molecule has 0 atom stereocenters. The molecule has 0 aromatic carbocycles. The molecule has 3 rings (SSSR count). The summed E-state index contributed by atoms with van der Waals surface area (Å²) < 4.78 is 0. The molecule has 1 saturated carbocycles. The molecule has 5 heteroatoms. The lowest BCUT2D eigenvalue weighted by Gasteiger charge is -2.26. The topological polar surface area (TPSA) is 56.4 Å². The quantitative estimate of drug-likeness (QED) is 0.816. The van der Waals surface area contributed by atoms with E-state index in [2.05, 4.69) is 9.88 Å². The van der Waals surface area contributed by atoms with Crippen LogP contribution in [0.3, 0.4) is 0 Å². The molecule has 1 aliphatic heterocycles. The monoisotopic (exact) mass is 331 g/mol. The zero-order valence-electron chi connectivity index (χ0n) is 14.7. The number of carbonyl (C=O) groups excluding carboxylic acids is 2. The van der Waals surface area contributed by atoms with Crippen molar-refractivity contribution in [1.82, 2.24) is 14.8 Å². The van der Waals surface area contributed by atoms with E-state index in [-0.39, 0.29) is 11.7 Å². The third kappa shape index (κ3) is 4.26. The number of aromatic amines is 1. The first-order valence-corrected chi connectivity index (χ1v) is 9.33. The normalized spacial score (nSPS) is 19.2. The van der Waals surface area contributed by atoms with E-state index in [0.29, 0.717) is 17.8 Å². The van der Waals surface area contributed by atoms with E-state index >= 15 is 0 Å². The Hall–Kier alpha value is -1.62. The maximum absolute atomic E-state index is 12.5. The van der Waals surface area contributed by atoms with Crippen LogP contribution >= 0.6 is 0 Å². The molecule has 0 radical (unpaired) electrons. The molecule has 5 nitrogen and oxygen atoms in total. The Labute approximate surface area is 144 Å². The maximum atomic E-state index is 12.5. The summed E-state index contributed by atoms with van der Waals surface area (Å²) in [5.41, 5.74) is 1.16. The number of nitrogens with zero attached hydrogens (tertiary/aromatic N) is 2. The van der Waals surface area contributed by atoms with E-state index < -0.39 is 0 Å². The minimum Gasteiger partial charge on any atom is -0.356 e. The van der Waals surface area contributed by atoms with Crippen LogP contribution in [0.15, 0.2) is 12.3 Å². The van der Waals surface area contributed by atoms with Crippen LogP contribution < -0.4 is 0 Å². The van der Waals surface area contributed by atoms with Crippen molar-refractivity contribution < 1.29 is 9.59 Å². The summed E-state index contributed by atoms with van der Waals surface area (Å²) in [5.74, 6) is 0.835. The van der Waals surface area contributed by atoms with Crippen LogP contribution in [0.4, 0.5) is 0 Å². The zero-order valence-corrected chi connectivity index (χ0v) is 14.7. The third-order valence-electron chi connectivity index (χ3n) is 5.34. The molecular weight excluding hydrogens is 302 g/mol. The Balaban J connectivity index is 1.52. The molecule has 132 valence electrons. The van der Waals surface area contributed by atoms with Gasteiger partial charge in [-0.15, -0.1) is 0 Å². The van der Waals surface area contributed by atoms with E-state index in [9.17, 15) is 9.59 Å². The van der Waals surface area contributed by atoms with Gasteiger partial charge >= 0.3 is 0 Å². The Morgan fingerprint density at radius 1 is 1.17 bits per heavy atom. The SMILES string of the molecule is CN(CC(=O)c1c[nH]c(C(=O)N2CCCC2)c1)CC1CCCCC1. The van der Waals surface area contributed by atoms with Crippen molar-refractivity contribution in [3.8, 4) is 0 Å². The van der Waals surface area contributed by atoms with Crippen molar-refractivity contribution in [2.45, 2.75) is 44.9 Å². The van der Waals surface area contributed by atoms with Crippen molar-refractivity contribution in [3.63, 3.8) is 0 Å². The Morgan fingerprint density at radius 2 is 1.88 bits per heavy atom. The number of carbonyl (C=O) groups is 2.